The van der Waals surface area contributed by atoms with Crippen LogP contribution in [0.3, 0.4) is 0 Å². The van der Waals surface area contributed by atoms with Gasteiger partial charge in [0.25, 0.3) is 5.92 Å². The third-order valence-corrected chi connectivity index (χ3v) is 2.48. The Morgan fingerprint density at radius 2 is 2.00 bits per heavy atom. The van der Waals surface area contributed by atoms with Crippen LogP contribution in [0, 0.1) is 5.92 Å². The lowest BCUT2D eigenvalue weighted by Gasteiger charge is -2.26. The molecule has 0 amide bonds. The molecule has 2 nitrogen and oxygen atoms in total. The highest BCUT2D eigenvalue weighted by atomic mass is 19.3. The van der Waals surface area contributed by atoms with Gasteiger partial charge in [-0.3, -0.25) is 0 Å². The maximum atomic E-state index is 13.1. The summed E-state index contributed by atoms with van der Waals surface area (Å²) in [5.41, 5.74) is 0. The van der Waals surface area contributed by atoms with E-state index >= 15 is 0 Å². The van der Waals surface area contributed by atoms with Crippen molar-refractivity contribution in [1.29, 1.82) is 0 Å². The van der Waals surface area contributed by atoms with Gasteiger partial charge in [-0.25, -0.2) is 8.78 Å². The van der Waals surface area contributed by atoms with Crippen LogP contribution in [-0.2, 0) is 0 Å². The summed E-state index contributed by atoms with van der Waals surface area (Å²) in [6.45, 7) is 1.58. The molecule has 0 aromatic carbocycles. The molecule has 2 N–H and O–H groups in total. The molecule has 0 bridgehead atoms. The van der Waals surface area contributed by atoms with Gasteiger partial charge < -0.3 is 10.6 Å². The largest absolute Gasteiger partial charge is 0.317 e. The van der Waals surface area contributed by atoms with Crippen molar-refractivity contribution in [2.45, 2.75) is 25.2 Å². The van der Waals surface area contributed by atoms with E-state index in [4.69, 9.17) is 0 Å². The fraction of sp³-hybridized carbons (Fsp3) is 1.00. The Balaban J connectivity index is 2.28. The fourth-order valence-electron chi connectivity index (χ4n) is 1.84. The maximum Gasteiger partial charge on any atom is 0.260 e. The zero-order valence-corrected chi connectivity index (χ0v) is 8.08. The molecule has 1 aliphatic rings. The Bertz CT molecular complexity index is 145. The Morgan fingerprint density at radius 3 is 2.54 bits per heavy atom. The lowest BCUT2D eigenvalue weighted by molar-refractivity contribution is -0.0234. The van der Waals surface area contributed by atoms with Crippen LogP contribution >= 0.6 is 0 Å². The van der Waals surface area contributed by atoms with Gasteiger partial charge in [0.2, 0.25) is 0 Å². The zero-order chi connectivity index (χ0) is 9.73. The molecule has 1 saturated heterocycles. The van der Waals surface area contributed by atoms with Crippen LogP contribution in [0.5, 0.6) is 0 Å². The van der Waals surface area contributed by atoms with E-state index in [9.17, 15) is 8.78 Å². The standard InChI is InChI=1S/C9H18F2N2/c1-12-7-9(10,11)6-8-2-4-13-5-3-8/h8,12-13H,2-7H2,1H3. The first-order valence-corrected chi connectivity index (χ1v) is 4.87. The van der Waals surface area contributed by atoms with E-state index in [1.54, 1.807) is 7.05 Å². The molecule has 1 rings (SSSR count). The molecule has 1 fully saturated rings. The number of rotatable bonds is 4. The van der Waals surface area contributed by atoms with Crippen LogP contribution in [0.25, 0.3) is 0 Å². The summed E-state index contributed by atoms with van der Waals surface area (Å²) in [5.74, 6) is -2.33. The van der Waals surface area contributed by atoms with Crippen LogP contribution in [0.4, 0.5) is 8.78 Å². The van der Waals surface area contributed by atoms with E-state index < -0.39 is 5.92 Å². The van der Waals surface area contributed by atoms with Crippen LogP contribution < -0.4 is 10.6 Å². The van der Waals surface area contributed by atoms with Gasteiger partial charge in [-0.1, -0.05) is 0 Å². The van der Waals surface area contributed by atoms with E-state index in [1.165, 1.54) is 0 Å². The Hall–Kier alpha value is -0.220. The Kier molecular flexibility index (Phi) is 4.06. The van der Waals surface area contributed by atoms with Crippen molar-refractivity contribution in [1.82, 2.24) is 10.6 Å². The molecular formula is C9H18F2N2. The topological polar surface area (TPSA) is 24.1 Å². The molecule has 0 aliphatic carbocycles. The molecule has 0 radical (unpaired) electrons. The van der Waals surface area contributed by atoms with Crippen LogP contribution in [-0.4, -0.2) is 32.6 Å². The second-order valence-corrected chi connectivity index (χ2v) is 3.78. The van der Waals surface area contributed by atoms with Gasteiger partial charge in [0.1, 0.15) is 0 Å². The van der Waals surface area contributed by atoms with Gasteiger partial charge in [0, 0.05) is 6.42 Å². The normalized spacial score (nSPS) is 20.5. The highest BCUT2D eigenvalue weighted by Crippen LogP contribution is 2.27. The van der Waals surface area contributed by atoms with E-state index in [1.807, 2.05) is 0 Å². The summed E-state index contributed by atoms with van der Waals surface area (Å²) in [4.78, 5) is 0. The monoisotopic (exact) mass is 192 g/mol. The first-order valence-electron chi connectivity index (χ1n) is 4.87. The lowest BCUT2D eigenvalue weighted by atomic mass is 9.91. The van der Waals surface area contributed by atoms with Gasteiger partial charge in [-0.2, -0.15) is 0 Å². The molecule has 13 heavy (non-hydrogen) atoms. The molecule has 0 aromatic rings. The van der Waals surface area contributed by atoms with E-state index in [-0.39, 0.29) is 18.9 Å². The summed E-state index contributed by atoms with van der Waals surface area (Å²) in [7, 11) is 1.57. The zero-order valence-electron chi connectivity index (χ0n) is 8.08. The lowest BCUT2D eigenvalue weighted by Crippen LogP contribution is -2.36. The fourth-order valence-corrected chi connectivity index (χ4v) is 1.84. The van der Waals surface area contributed by atoms with Crippen molar-refractivity contribution >= 4 is 0 Å². The van der Waals surface area contributed by atoms with Gasteiger partial charge >= 0.3 is 0 Å². The summed E-state index contributed by atoms with van der Waals surface area (Å²) in [5, 5.41) is 5.70. The molecular weight excluding hydrogens is 174 g/mol. The van der Waals surface area contributed by atoms with Gasteiger partial charge in [0.05, 0.1) is 6.54 Å². The average Bonchev–Trinajstić information content (AvgIpc) is 2.04. The molecule has 0 spiro atoms. The predicted octanol–water partition coefficient (Wildman–Crippen LogP) is 1.23. The van der Waals surface area contributed by atoms with Crippen molar-refractivity contribution < 1.29 is 8.78 Å². The number of alkyl halides is 2. The molecule has 0 saturated carbocycles. The van der Waals surface area contributed by atoms with Crippen molar-refractivity contribution in [2.24, 2.45) is 5.92 Å². The Labute approximate surface area is 78.1 Å². The summed E-state index contributed by atoms with van der Waals surface area (Å²) >= 11 is 0. The van der Waals surface area contributed by atoms with Crippen molar-refractivity contribution in [3.8, 4) is 0 Å². The maximum absolute atomic E-state index is 13.1. The molecule has 0 aromatic heterocycles. The van der Waals surface area contributed by atoms with Crippen molar-refractivity contribution in [3.63, 3.8) is 0 Å². The predicted molar refractivity (Wildman–Crippen MR) is 49.1 cm³/mol. The minimum Gasteiger partial charge on any atom is -0.317 e. The third-order valence-electron chi connectivity index (χ3n) is 2.48. The Morgan fingerprint density at radius 1 is 1.38 bits per heavy atom. The minimum atomic E-state index is -2.53. The highest BCUT2D eigenvalue weighted by Gasteiger charge is 2.32. The van der Waals surface area contributed by atoms with E-state index in [2.05, 4.69) is 10.6 Å². The van der Waals surface area contributed by atoms with E-state index in [0.29, 0.717) is 0 Å². The average molecular weight is 192 g/mol. The summed E-state index contributed by atoms with van der Waals surface area (Å²) in [6, 6.07) is 0. The van der Waals surface area contributed by atoms with Crippen LogP contribution in [0.1, 0.15) is 19.3 Å². The number of halogens is 2. The highest BCUT2D eigenvalue weighted by molar-refractivity contribution is 4.77. The van der Waals surface area contributed by atoms with Crippen molar-refractivity contribution in [2.75, 3.05) is 26.7 Å². The second-order valence-electron chi connectivity index (χ2n) is 3.78. The number of nitrogens with one attached hydrogen (secondary N) is 2. The molecule has 4 heteroatoms. The van der Waals surface area contributed by atoms with Gasteiger partial charge in [0.15, 0.2) is 0 Å². The number of piperidine rings is 1. The second kappa shape index (κ2) is 4.86. The minimum absolute atomic E-state index is 0.0372. The quantitative estimate of drug-likeness (QED) is 0.700. The van der Waals surface area contributed by atoms with Crippen LogP contribution in [0.2, 0.25) is 0 Å². The molecule has 1 heterocycles. The molecule has 78 valence electrons. The SMILES string of the molecule is CNCC(F)(F)CC1CCNCC1. The summed E-state index contributed by atoms with van der Waals surface area (Å²) in [6.07, 6.45) is 1.81. The number of hydrogen-bond acceptors (Lipinski definition) is 2. The third kappa shape index (κ3) is 4.00. The summed E-state index contributed by atoms with van der Waals surface area (Å²) < 4.78 is 26.3. The number of hydrogen-bond donors (Lipinski definition) is 2. The smallest absolute Gasteiger partial charge is 0.260 e. The van der Waals surface area contributed by atoms with E-state index in [0.717, 1.165) is 25.9 Å². The molecule has 0 atom stereocenters. The van der Waals surface area contributed by atoms with Gasteiger partial charge in [-0.15, -0.1) is 0 Å². The molecule has 0 unspecified atom stereocenters. The van der Waals surface area contributed by atoms with Crippen molar-refractivity contribution in [3.05, 3.63) is 0 Å². The first-order chi connectivity index (χ1) is 6.14. The van der Waals surface area contributed by atoms with Gasteiger partial charge in [-0.05, 0) is 38.9 Å². The first kappa shape index (κ1) is 10.9. The van der Waals surface area contributed by atoms with Crippen LogP contribution in [0.15, 0.2) is 0 Å². The molecule has 1 aliphatic heterocycles.